The van der Waals surface area contributed by atoms with Gasteiger partial charge in [-0.15, -0.1) is 11.3 Å². The fraction of sp³-hybridized carbons (Fsp3) is 0.0500. The summed E-state index contributed by atoms with van der Waals surface area (Å²) in [4.78, 5) is 18.8. The fourth-order valence-electron chi connectivity index (χ4n) is 2.86. The second-order valence-corrected chi connectivity index (χ2v) is 6.98. The Bertz CT molecular complexity index is 1230. The zero-order valence-corrected chi connectivity index (χ0v) is 14.8. The van der Waals surface area contributed by atoms with E-state index in [9.17, 15) is 4.79 Å². The first-order valence-corrected chi connectivity index (χ1v) is 9.10. The SMILES string of the molecule is O=c1c2cc(-c3ccccc3)sc2ncn1/N=C/c1ccc2c(c1)OCO2. The predicted octanol–water partition coefficient (Wildman–Crippen LogP) is 3.74. The number of aromatic nitrogens is 2. The summed E-state index contributed by atoms with van der Waals surface area (Å²) in [6.45, 7) is 0.220. The van der Waals surface area contributed by atoms with Gasteiger partial charge in [-0.05, 0) is 35.4 Å². The Morgan fingerprint density at radius 1 is 1.07 bits per heavy atom. The fourth-order valence-corrected chi connectivity index (χ4v) is 3.86. The van der Waals surface area contributed by atoms with Crippen LogP contribution in [0, 0.1) is 0 Å². The van der Waals surface area contributed by atoms with Crippen LogP contribution in [0.1, 0.15) is 5.56 Å². The van der Waals surface area contributed by atoms with Gasteiger partial charge in [0.15, 0.2) is 11.5 Å². The minimum atomic E-state index is -0.199. The van der Waals surface area contributed by atoms with E-state index in [0.29, 0.717) is 21.7 Å². The van der Waals surface area contributed by atoms with Crippen LogP contribution in [0.3, 0.4) is 0 Å². The summed E-state index contributed by atoms with van der Waals surface area (Å²) < 4.78 is 11.9. The minimum Gasteiger partial charge on any atom is -0.454 e. The van der Waals surface area contributed by atoms with Crippen molar-refractivity contribution >= 4 is 27.8 Å². The van der Waals surface area contributed by atoms with Crippen molar-refractivity contribution in [1.29, 1.82) is 0 Å². The van der Waals surface area contributed by atoms with Crippen LogP contribution in [0.5, 0.6) is 11.5 Å². The zero-order chi connectivity index (χ0) is 18.2. The molecule has 5 rings (SSSR count). The molecule has 2 aromatic heterocycles. The summed E-state index contributed by atoms with van der Waals surface area (Å²) in [5.41, 5.74) is 1.67. The Balaban J connectivity index is 1.50. The summed E-state index contributed by atoms with van der Waals surface area (Å²) >= 11 is 1.49. The van der Waals surface area contributed by atoms with Gasteiger partial charge in [-0.25, -0.2) is 4.98 Å². The van der Waals surface area contributed by atoms with Crippen LogP contribution in [-0.4, -0.2) is 22.7 Å². The summed E-state index contributed by atoms with van der Waals surface area (Å²) in [5.74, 6) is 1.38. The molecule has 3 heterocycles. The van der Waals surface area contributed by atoms with Crippen molar-refractivity contribution < 1.29 is 9.47 Å². The van der Waals surface area contributed by atoms with E-state index < -0.39 is 0 Å². The van der Waals surface area contributed by atoms with Crippen LogP contribution in [0.2, 0.25) is 0 Å². The van der Waals surface area contributed by atoms with Gasteiger partial charge < -0.3 is 9.47 Å². The first-order chi connectivity index (χ1) is 13.3. The van der Waals surface area contributed by atoms with Crippen molar-refractivity contribution in [1.82, 2.24) is 9.66 Å². The highest BCUT2D eigenvalue weighted by Gasteiger charge is 2.13. The molecule has 0 fully saturated rings. The normalized spacial score (nSPS) is 12.9. The maximum Gasteiger partial charge on any atom is 0.282 e. The molecule has 1 aliphatic heterocycles. The molecule has 4 aromatic rings. The van der Waals surface area contributed by atoms with Gasteiger partial charge in [-0.3, -0.25) is 4.79 Å². The number of rotatable bonds is 3. The molecular formula is C20H13N3O3S. The predicted molar refractivity (Wildman–Crippen MR) is 105 cm³/mol. The lowest BCUT2D eigenvalue weighted by atomic mass is 10.2. The van der Waals surface area contributed by atoms with E-state index in [-0.39, 0.29) is 12.4 Å². The summed E-state index contributed by atoms with van der Waals surface area (Å²) in [6.07, 6.45) is 3.04. The number of benzene rings is 2. The standard InChI is InChI=1S/C20H13N3O3S/c24-20-15-9-18(14-4-2-1-3-5-14)27-19(15)21-11-23(20)22-10-13-6-7-16-17(8-13)26-12-25-16/h1-11H,12H2/b22-10+. The average Bonchev–Trinajstić information content (AvgIpc) is 3.35. The second-order valence-electron chi connectivity index (χ2n) is 5.95. The number of thiophene rings is 1. The Hall–Kier alpha value is -3.45. The van der Waals surface area contributed by atoms with Gasteiger partial charge in [0.25, 0.3) is 5.56 Å². The molecule has 0 saturated heterocycles. The van der Waals surface area contributed by atoms with Crippen LogP contribution in [0.25, 0.3) is 20.7 Å². The van der Waals surface area contributed by atoms with Crippen LogP contribution >= 0.6 is 11.3 Å². The highest BCUT2D eigenvalue weighted by atomic mass is 32.1. The van der Waals surface area contributed by atoms with Gasteiger partial charge in [0.1, 0.15) is 11.2 Å². The molecule has 0 amide bonds. The van der Waals surface area contributed by atoms with Crippen LogP contribution in [-0.2, 0) is 0 Å². The first kappa shape index (κ1) is 15.8. The second kappa shape index (κ2) is 6.37. The quantitative estimate of drug-likeness (QED) is 0.512. The molecule has 2 aromatic carbocycles. The first-order valence-electron chi connectivity index (χ1n) is 8.28. The number of fused-ring (bicyclic) bond motifs is 2. The average molecular weight is 375 g/mol. The maximum atomic E-state index is 12.8. The molecule has 27 heavy (non-hydrogen) atoms. The van der Waals surface area contributed by atoms with Crippen molar-refractivity contribution in [3.05, 3.63) is 76.8 Å². The van der Waals surface area contributed by atoms with Gasteiger partial charge in [0.2, 0.25) is 6.79 Å². The molecule has 7 heteroatoms. The molecule has 0 saturated carbocycles. The van der Waals surface area contributed by atoms with E-state index in [2.05, 4.69) is 10.1 Å². The van der Waals surface area contributed by atoms with E-state index in [0.717, 1.165) is 16.0 Å². The largest absolute Gasteiger partial charge is 0.454 e. The lowest BCUT2D eigenvalue weighted by Gasteiger charge is -1.99. The highest BCUT2D eigenvalue weighted by Crippen LogP contribution is 2.32. The molecule has 0 N–H and O–H groups in total. The van der Waals surface area contributed by atoms with E-state index >= 15 is 0 Å². The van der Waals surface area contributed by atoms with Crippen molar-refractivity contribution in [3.63, 3.8) is 0 Å². The van der Waals surface area contributed by atoms with E-state index in [4.69, 9.17) is 9.47 Å². The monoisotopic (exact) mass is 375 g/mol. The number of hydrogen-bond acceptors (Lipinski definition) is 6. The molecule has 0 spiro atoms. The smallest absolute Gasteiger partial charge is 0.282 e. The van der Waals surface area contributed by atoms with Crippen molar-refractivity contribution in [3.8, 4) is 21.9 Å². The molecule has 132 valence electrons. The number of hydrogen-bond donors (Lipinski definition) is 0. The molecule has 0 bridgehead atoms. The summed E-state index contributed by atoms with van der Waals surface area (Å²) in [5, 5.41) is 4.82. The van der Waals surface area contributed by atoms with Gasteiger partial charge >= 0.3 is 0 Å². The number of ether oxygens (including phenoxy) is 2. The zero-order valence-electron chi connectivity index (χ0n) is 14.0. The van der Waals surface area contributed by atoms with E-state index in [1.165, 1.54) is 22.3 Å². The molecule has 0 radical (unpaired) electrons. The maximum absolute atomic E-state index is 12.8. The van der Waals surface area contributed by atoms with Crippen molar-refractivity contribution in [2.24, 2.45) is 5.10 Å². The van der Waals surface area contributed by atoms with Gasteiger partial charge in [0, 0.05) is 4.88 Å². The Morgan fingerprint density at radius 2 is 1.93 bits per heavy atom. The highest BCUT2D eigenvalue weighted by molar-refractivity contribution is 7.21. The van der Waals surface area contributed by atoms with Crippen LogP contribution in [0.15, 0.2) is 70.8 Å². The lowest BCUT2D eigenvalue weighted by Crippen LogP contribution is -2.16. The van der Waals surface area contributed by atoms with Crippen molar-refractivity contribution in [2.45, 2.75) is 0 Å². The summed E-state index contributed by atoms with van der Waals surface area (Å²) in [7, 11) is 0. The molecular weight excluding hydrogens is 362 g/mol. The third-order valence-electron chi connectivity index (χ3n) is 4.22. The van der Waals surface area contributed by atoms with Crippen LogP contribution < -0.4 is 15.0 Å². The molecule has 0 aliphatic carbocycles. The Morgan fingerprint density at radius 3 is 2.81 bits per heavy atom. The molecule has 0 atom stereocenters. The van der Waals surface area contributed by atoms with Gasteiger partial charge in [0.05, 0.1) is 11.6 Å². The Labute approximate surface area is 157 Å². The molecule has 0 unspecified atom stereocenters. The third-order valence-corrected chi connectivity index (χ3v) is 5.31. The van der Waals surface area contributed by atoms with E-state index in [1.54, 1.807) is 6.21 Å². The third kappa shape index (κ3) is 2.88. The van der Waals surface area contributed by atoms with Gasteiger partial charge in [-0.2, -0.15) is 9.78 Å². The van der Waals surface area contributed by atoms with Crippen molar-refractivity contribution in [2.75, 3.05) is 6.79 Å². The van der Waals surface area contributed by atoms with Gasteiger partial charge in [-0.1, -0.05) is 30.3 Å². The lowest BCUT2D eigenvalue weighted by molar-refractivity contribution is 0.174. The number of nitrogens with zero attached hydrogens (tertiary/aromatic N) is 3. The molecule has 1 aliphatic rings. The topological polar surface area (TPSA) is 65.7 Å². The van der Waals surface area contributed by atoms with E-state index in [1.807, 2.05) is 54.6 Å². The summed E-state index contributed by atoms with van der Waals surface area (Å²) in [6, 6.07) is 17.3. The minimum absolute atomic E-state index is 0.199. The Kier molecular flexibility index (Phi) is 3.72. The molecule has 6 nitrogen and oxygen atoms in total. The van der Waals surface area contributed by atoms with Crippen LogP contribution in [0.4, 0.5) is 0 Å².